The molecule has 0 radical (unpaired) electrons. The molecule has 3 rings (SSSR count). The van der Waals surface area contributed by atoms with Crippen molar-refractivity contribution in [3.05, 3.63) is 71.8 Å². The number of carbonyl (C=O) groups is 1. The van der Waals surface area contributed by atoms with Crippen LogP contribution < -0.4 is 0 Å². The van der Waals surface area contributed by atoms with E-state index in [0.717, 1.165) is 24.3 Å². The van der Waals surface area contributed by atoms with Gasteiger partial charge >= 0.3 is 5.97 Å². The van der Waals surface area contributed by atoms with E-state index in [-0.39, 0.29) is 46.7 Å². The van der Waals surface area contributed by atoms with E-state index in [0.29, 0.717) is 0 Å². The van der Waals surface area contributed by atoms with E-state index in [1.54, 1.807) is 0 Å². The number of hydrogen-bond donors (Lipinski definition) is 1. The fraction of sp³-hybridized carbons (Fsp3) is 0.125. The van der Waals surface area contributed by atoms with Gasteiger partial charge in [-0.2, -0.15) is 0 Å². The number of nitro groups is 3. The van der Waals surface area contributed by atoms with Crippen LogP contribution in [0, 0.1) is 30.3 Å². The Bertz CT molecular complexity index is 1110. The summed E-state index contributed by atoms with van der Waals surface area (Å²) in [4.78, 5) is 47.0. The monoisotopic (exact) mass is 402 g/mol. The van der Waals surface area contributed by atoms with Crippen molar-refractivity contribution in [1.29, 1.82) is 0 Å². The van der Waals surface area contributed by atoms with Gasteiger partial charge in [0.05, 0.1) is 32.8 Å². The molecule has 0 heterocycles. The summed E-state index contributed by atoms with van der Waals surface area (Å²) in [6, 6.07) is 5.38. The molecule has 0 saturated heterocycles. The molecule has 1 aliphatic rings. The van der Waals surface area contributed by atoms with Crippen LogP contribution in [0.3, 0.4) is 0 Å². The van der Waals surface area contributed by atoms with Gasteiger partial charge in [-0.1, -0.05) is 5.16 Å². The minimum Gasteiger partial charge on any atom is -0.481 e. The second-order valence-corrected chi connectivity index (χ2v) is 5.81. The number of non-ortho nitro benzene ring substituents is 2. The molecular formula is C16H10N4O9. The number of fused-ring (bicyclic) bond motifs is 3. The third kappa shape index (κ3) is 3.55. The molecule has 1 N–H and O–H groups in total. The van der Waals surface area contributed by atoms with Crippen LogP contribution in [-0.4, -0.2) is 38.2 Å². The van der Waals surface area contributed by atoms with Crippen LogP contribution in [0.2, 0.25) is 0 Å². The van der Waals surface area contributed by atoms with Gasteiger partial charge in [0.1, 0.15) is 12.3 Å². The number of rotatable bonds is 7. The first-order valence-electron chi connectivity index (χ1n) is 7.89. The zero-order valence-electron chi connectivity index (χ0n) is 14.3. The van der Waals surface area contributed by atoms with Crippen molar-refractivity contribution in [1.82, 2.24) is 0 Å². The van der Waals surface area contributed by atoms with E-state index >= 15 is 0 Å². The quantitative estimate of drug-likeness (QED) is 0.352. The average molecular weight is 402 g/mol. The zero-order valence-corrected chi connectivity index (χ0v) is 14.3. The van der Waals surface area contributed by atoms with E-state index in [2.05, 4.69) is 5.16 Å². The van der Waals surface area contributed by atoms with Crippen LogP contribution in [0.4, 0.5) is 17.1 Å². The summed E-state index contributed by atoms with van der Waals surface area (Å²) in [6.45, 7) is -0.338. The van der Waals surface area contributed by atoms with Gasteiger partial charge in [0.2, 0.25) is 0 Å². The highest BCUT2D eigenvalue weighted by Crippen LogP contribution is 2.45. The van der Waals surface area contributed by atoms with E-state index in [1.165, 1.54) is 6.07 Å². The number of nitro benzene ring substituents is 3. The minimum absolute atomic E-state index is 0.00563. The first-order chi connectivity index (χ1) is 13.7. The highest BCUT2D eigenvalue weighted by Gasteiger charge is 2.36. The molecule has 13 nitrogen and oxygen atoms in total. The third-order valence-electron chi connectivity index (χ3n) is 4.07. The molecule has 148 valence electrons. The Labute approximate surface area is 160 Å². The van der Waals surface area contributed by atoms with Crippen LogP contribution in [0.1, 0.15) is 17.5 Å². The number of oxime groups is 1. The molecule has 0 fully saturated rings. The number of nitrogens with zero attached hydrogens (tertiary/aromatic N) is 4. The van der Waals surface area contributed by atoms with E-state index in [9.17, 15) is 35.1 Å². The van der Waals surface area contributed by atoms with Gasteiger partial charge in [0, 0.05) is 29.3 Å². The normalized spacial score (nSPS) is 12.9. The summed E-state index contributed by atoms with van der Waals surface area (Å²) in [5.41, 5.74) is -1.26. The molecule has 0 bridgehead atoms. The van der Waals surface area contributed by atoms with Gasteiger partial charge in [0.15, 0.2) is 0 Å². The molecule has 0 saturated carbocycles. The molecule has 0 spiro atoms. The first-order valence-corrected chi connectivity index (χ1v) is 7.89. The summed E-state index contributed by atoms with van der Waals surface area (Å²) in [7, 11) is 0. The standard InChI is InChI=1S/C16H10N4O9/c21-14(22)3-4-29-17-16-11-5-8(18(23)24)1-2-10(11)15-12(16)6-9(19(25)26)7-13(15)20(27)28/h1-2,5-7H,3-4H2,(H,21,22). The van der Waals surface area contributed by atoms with Gasteiger partial charge in [-0.25, -0.2) is 0 Å². The number of carboxylic acids is 1. The van der Waals surface area contributed by atoms with Crippen molar-refractivity contribution in [2.45, 2.75) is 6.42 Å². The SMILES string of the molecule is O=C(O)CCON=C1c2cc([N+](=O)[O-])ccc2-c2c1cc([N+](=O)[O-])cc2[N+](=O)[O-]. The Balaban J connectivity index is 2.24. The van der Waals surface area contributed by atoms with E-state index in [4.69, 9.17) is 9.94 Å². The Morgan fingerprint density at radius 3 is 2.17 bits per heavy atom. The van der Waals surface area contributed by atoms with Crippen LogP contribution in [0.15, 0.2) is 35.5 Å². The van der Waals surface area contributed by atoms with Crippen molar-refractivity contribution < 1.29 is 29.5 Å². The first kappa shape index (κ1) is 19.3. The number of carboxylic acid groups (broad SMARTS) is 1. The summed E-state index contributed by atoms with van der Waals surface area (Å²) in [5.74, 6) is -1.15. The lowest BCUT2D eigenvalue weighted by atomic mass is 10.0. The van der Waals surface area contributed by atoms with Crippen LogP contribution in [0.5, 0.6) is 0 Å². The summed E-state index contributed by atoms with van der Waals surface area (Å²) in [5, 5.41) is 46.2. The van der Waals surface area contributed by atoms with Crippen molar-refractivity contribution in [3.63, 3.8) is 0 Å². The topological polar surface area (TPSA) is 188 Å². The Morgan fingerprint density at radius 1 is 0.931 bits per heavy atom. The summed E-state index contributed by atoms with van der Waals surface area (Å²) >= 11 is 0. The van der Waals surface area contributed by atoms with Crippen LogP contribution in [-0.2, 0) is 9.63 Å². The zero-order chi connectivity index (χ0) is 21.3. The maximum absolute atomic E-state index is 11.5. The van der Waals surface area contributed by atoms with Crippen molar-refractivity contribution in [3.8, 4) is 11.1 Å². The summed E-state index contributed by atoms with van der Waals surface area (Å²) < 4.78 is 0. The molecule has 1 aliphatic carbocycles. The predicted octanol–water partition coefficient (Wildman–Crippen LogP) is 2.64. The second kappa shape index (κ2) is 7.30. The number of hydrogen-bond acceptors (Lipinski definition) is 9. The molecule has 0 atom stereocenters. The maximum atomic E-state index is 11.5. The fourth-order valence-electron chi connectivity index (χ4n) is 2.88. The van der Waals surface area contributed by atoms with Gasteiger partial charge < -0.3 is 9.94 Å². The Morgan fingerprint density at radius 2 is 1.59 bits per heavy atom. The van der Waals surface area contributed by atoms with Gasteiger partial charge in [-0.15, -0.1) is 0 Å². The molecule has 0 unspecified atom stereocenters. The molecule has 0 amide bonds. The molecule has 0 aromatic heterocycles. The largest absolute Gasteiger partial charge is 0.481 e. The Hall–Kier alpha value is -4.42. The number of aliphatic carboxylic acids is 1. The third-order valence-corrected chi connectivity index (χ3v) is 4.07. The molecule has 13 heteroatoms. The number of benzene rings is 2. The molecular weight excluding hydrogens is 392 g/mol. The van der Waals surface area contributed by atoms with Gasteiger partial charge in [0.25, 0.3) is 17.1 Å². The van der Waals surface area contributed by atoms with Crippen molar-refractivity contribution in [2.75, 3.05) is 6.61 Å². The van der Waals surface area contributed by atoms with Crippen LogP contribution >= 0.6 is 0 Å². The smallest absolute Gasteiger partial charge is 0.306 e. The van der Waals surface area contributed by atoms with E-state index in [1.807, 2.05) is 0 Å². The fourth-order valence-corrected chi connectivity index (χ4v) is 2.88. The van der Waals surface area contributed by atoms with Gasteiger partial charge in [-0.05, 0) is 11.6 Å². The lowest BCUT2D eigenvalue weighted by molar-refractivity contribution is -0.393. The van der Waals surface area contributed by atoms with Crippen molar-refractivity contribution >= 4 is 28.7 Å². The lowest BCUT2D eigenvalue weighted by Gasteiger charge is -2.03. The van der Waals surface area contributed by atoms with Gasteiger partial charge in [-0.3, -0.25) is 35.1 Å². The maximum Gasteiger partial charge on any atom is 0.306 e. The highest BCUT2D eigenvalue weighted by atomic mass is 16.6. The highest BCUT2D eigenvalue weighted by molar-refractivity contribution is 6.26. The lowest BCUT2D eigenvalue weighted by Crippen LogP contribution is -2.05. The average Bonchev–Trinajstić information content (AvgIpc) is 2.97. The molecule has 2 aromatic rings. The predicted molar refractivity (Wildman–Crippen MR) is 95.7 cm³/mol. The van der Waals surface area contributed by atoms with Crippen LogP contribution in [0.25, 0.3) is 11.1 Å². The summed E-state index contributed by atoms with van der Waals surface area (Å²) in [6.07, 6.45) is -0.388. The minimum atomic E-state index is -1.15. The van der Waals surface area contributed by atoms with Crippen molar-refractivity contribution in [2.24, 2.45) is 5.16 Å². The Kier molecular flexibility index (Phi) is 4.87. The second-order valence-electron chi connectivity index (χ2n) is 5.81. The van der Waals surface area contributed by atoms with E-state index < -0.39 is 32.1 Å². The molecule has 29 heavy (non-hydrogen) atoms. The molecule has 2 aromatic carbocycles. The molecule has 0 aliphatic heterocycles.